The number of rotatable bonds is 6. The van der Waals surface area contributed by atoms with Gasteiger partial charge in [0.25, 0.3) is 0 Å². The number of nitrogens with two attached hydrogens (primary N) is 1. The topological polar surface area (TPSA) is 81.4 Å². The molecule has 0 aromatic rings. The Morgan fingerprint density at radius 3 is 2.50 bits per heavy atom. The average molecular weight is 202 g/mol. The third-order valence-corrected chi connectivity index (χ3v) is 1.67. The molecule has 0 unspecified atom stereocenters. The lowest BCUT2D eigenvalue weighted by Gasteiger charge is -2.15. The molecule has 0 bridgehead atoms. The quantitative estimate of drug-likeness (QED) is 0.584. The first-order valence-corrected chi connectivity index (χ1v) is 4.81. The van der Waals surface area contributed by atoms with E-state index in [4.69, 9.17) is 10.5 Å². The Morgan fingerprint density at radius 1 is 1.43 bits per heavy atom. The Bertz CT molecular complexity index is 194. The lowest BCUT2D eigenvalue weighted by molar-refractivity contribution is -0.147. The standard InChI is InChI=1S/C9H18N2O3/c1-3-5-7(9(13)14-4-2)11-8(12)6-10/h7H,3-6,10H2,1-2H3,(H,11,12)/t7-/m1/s1. The molecule has 0 aromatic heterocycles. The van der Waals surface area contributed by atoms with Gasteiger partial charge >= 0.3 is 5.97 Å². The molecule has 0 aromatic carbocycles. The summed E-state index contributed by atoms with van der Waals surface area (Å²) in [6, 6.07) is -0.559. The van der Waals surface area contributed by atoms with E-state index in [1.165, 1.54) is 0 Å². The largest absolute Gasteiger partial charge is 0.464 e. The maximum atomic E-state index is 11.3. The maximum absolute atomic E-state index is 11.3. The molecule has 5 nitrogen and oxygen atoms in total. The van der Waals surface area contributed by atoms with Gasteiger partial charge in [-0.3, -0.25) is 4.79 Å². The average Bonchev–Trinajstić information content (AvgIpc) is 2.17. The second kappa shape index (κ2) is 7.32. The summed E-state index contributed by atoms with van der Waals surface area (Å²) in [5, 5.41) is 2.51. The molecule has 0 heterocycles. The van der Waals surface area contributed by atoms with Crippen LogP contribution < -0.4 is 11.1 Å². The zero-order valence-electron chi connectivity index (χ0n) is 8.71. The molecule has 0 aliphatic carbocycles. The molecule has 0 saturated carbocycles. The van der Waals surface area contributed by atoms with E-state index in [9.17, 15) is 9.59 Å². The van der Waals surface area contributed by atoms with Crippen LogP contribution in [0.1, 0.15) is 26.7 Å². The highest BCUT2D eigenvalue weighted by Gasteiger charge is 2.19. The summed E-state index contributed by atoms with van der Waals surface area (Å²) in [4.78, 5) is 22.3. The van der Waals surface area contributed by atoms with Crippen LogP contribution in [0.5, 0.6) is 0 Å². The van der Waals surface area contributed by atoms with Crippen molar-refractivity contribution >= 4 is 11.9 Å². The van der Waals surface area contributed by atoms with E-state index >= 15 is 0 Å². The van der Waals surface area contributed by atoms with Crippen LogP contribution in [0.3, 0.4) is 0 Å². The molecule has 0 aliphatic rings. The Morgan fingerprint density at radius 2 is 2.07 bits per heavy atom. The zero-order valence-corrected chi connectivity index (χ0v) is 8.71. The summed E-state index contributed by atoms with van der Waals surface area (Å²) in [5.41, 5.74) is 5.13. The van der Waals surface area contributed by atoms with Gasteiger partial charge < -0.3 is 15.8 Å². The molecule has 1 atom stereocenters. The highest BCUT2D eigenvalue weighted by atomic mass is 16.5. The molecule has 14 heavy (non-hydrogen) atoms. The van der Waals surface area contributed by atoms with Gasteiger partial charge in [-0.2, -0.15) is 0 Å². The van der Waals surface area contributed by atoms with E-state index in [0.717, 1.165) is 6.42 Å². The first kappa shape index (κ1) is 12.9. The summed E-state index contributed by atoms with van der Waals surface area (Å²) < 4.78 is 4.81. The number of ether oxygens (including phenoxy) is 1. The van der Waals surface area contributed by atoms with Crippen LogP contribution in [-0.2, 0) is 14.3 Å². The first-order valence-electron chi connectivity index (χ1n) is 4.81. The molecule has 0 aliphatic heterocycles. The fourth-order valence-corrected chi connectivity index (χ4v) is 1.03. The molecular formula is C9H18N2O3. The minimum Gasteiger partial charge on any atom is -0.464 e. The predicted molar refractivity (Wildman–Crippen MR) is 52.5 cm³/mol. The van der Waals surface area contributed by atoms with Crippen LogP contribution in [0, 0.1) is 0 Å². The number of carbonyl (C=O) groups is 2. The van der Waals surface area contributed by atoms with Crippen LogP contribution in [0.2, 0.25) is 0 Å². The predicted octanol–water partition coefficient (Wildman–Crippen LogP) is -0.207. The van der Waals surface area contributed by atoms with Crippen molar-refractivity contribution in [2.24, 2.45) is 5.73 Å². The van der Waals surface area contributed by atoms with Gasteiger partial charge in [-0.25, -0.2) is 4.79 Å². The Kier molecular flexibility index (Phi) is 6.74. The zero-order chi connectivity index (χ0) is 11.0. The number of nitrogens with one attached hydrogen (secondary N) is 1. The summed E-state index contributed by atoms with van der Waals surface area (Å²) >= 11 is 0. The molecule has 1 amide bonds. The molecule has 0 spiro atoms. The Balaban J connectivity index is 4.13. The number of carbonyl (C=O) groups excluding carboxylic acids is 2. The van der Waals surface area contributed by atoms with Crippen molar-refractivity contribution < 1.29 is 14.3 Å². The smallest absolute Gasteiger partial charge is 0.328 e. The summed E-state index contributed by atoms with van der Waals surface area (Å²) in [6.45, 7) is 3.86. The molecule has 0 radical (unpaired) electrons. The summed E-state index contributed by atoms with van der Waals surface area (Å²) in [7, 11) is 0. The van der Waals surface area contributed by atoms with Gasteiger partial charge in [0.2, 0.25) is 5.91 Å². The van der Waals surface area contributed by atoms with Crippen molar-refractivity contribution in [2.75, 3.05) is 13.2 Å². The third kappa shape index (κ3) is 4.81. The van der Waals surface area contributed by atoms with Gasteiger partial charge in [-0.05, 0) is 13.3 Å². The number of hydrogen-bond donors (Lipinski definition) is 2. The second-order valence-electron chi connectivity index (χ2n) is 2.86. The minimum absolute atomic E-state index is 0.111. The fourth-order valence-electron chi connectivity index (χ4n) is 1.03. The highest BCUT2D eigenvalue weighted by Crippen LogP contribution is 1.99. The summed E-state index contributed by atoms with van der Waals surface area (Å²) in [6.07, 6.45) is 1.37. The van der Waals surface area contributed by atoms with Gasteiger partial charge in [0.1, 0.15) is 6.04 Å². The van der Waals surface area contributed by atoms with E-state index in [1.54, 1.807) is 6.92 Å². The first-order chi connectivity index (χ1) is 6.65. The molecule has 0 saturated heterocycles. The van der Waals surface area contributed by atoms with Crippen molar-refractivity contribution in [1.29, 1.82) is 0 Å². The third-order valence-electron chi connectivity index (χ3n) is 1.67. The van der Waals surface area contributed by atoms with E-state index in [-0.39, 0.29) is 12.5 Å². The summed E-state index contributed by atoms with van der Waals surface area (Å²) in [5.74, 6) is -0.729. The monoisotopic (exact) mass is 202 g/mol. The molecule has 0 fully saturated rings. The Labute approximate surface area is 84.0 Å². The van der Waals surface area contributed by atoms with Crippen LogP contribution in [0.15, 0.2) is 0 Å². The van der Waals surface area contributed by atoms with E-state index in [2.05, 4.69) is 5.32 Å². The van der Waals surface area contributed by atoms with Crippen LogP contribution in [0.4, 0.5) is 0 Å². The molecule has 0 rings (SSSR count). The minimum atomic E-state index is -0.559. The van der Waals surface area contributed by atoms with Gasteiger partial charge in [-0.15, -0.1) is 0 Å². The van der Waals surface area contributed by atoms with Crippen LogP contribution in [0.25, 0.3) is 0 Å². The number of amides is 1. The SMILES string of the molecule is CCC[C@@H](NC(=O)CN)C(=O)OCC. The van der Waals surface area contributed by atoms with E-state index in [0.29, 0.717) is 13.0 Å². The van der Waals surface area contributed by atoms with Gasteiger partial charge in [0, 0.05) is 0 Å². The Hall–Kier alpha value is -1.10. The molecule has 82 valence electrons. The molecule has 5 heteroatoms. The number of hydrogen-bond acceptors (Lipinski definition) is 4. The lowest BCUT2D eigenvalue weighted by Crippen LogP contribution is -2.44. The molecular weight excluding hydrogens is 184 g/mol. The van der Waals surface area contributed by atoms with Gasteiger partial charge in [0.15, 0.2) is 0 Å². The van der Waals surface area contributed by atoms with Crippen molar-refractivity contribution in [3.8, 4) is 0 Å². The van der Waals surface area contributed by atoms with Gasteiger partial charge in [-0.1, -0.05) is 13.3 Å². The van der Waals surface area contributed by atoms with Gasteiger partial charge in [0.05, 0.1) is 13.2 Å². The lowest BCUT2D eigenvalue weighted by atomic mass is 10.1. The second-order valence-corrected chi connectivity index (χ2v) is 2.86. The maximum Gasteiger partial charge on any atom is 0.328 e. The fraction of sp³-hybridized carbons (Fsp3) is 0.778. The van der Waals surface area contributed by atoms with E-state index < -0.39 is 12.0 Å². The van der Waals surface area contributed by atoms with Crippen molar-refractivity contribution in [3.63, 3.8) is 0 Å². The normalized spacial score (nSPS) is 11.9. The van der Waals surface area contributed by atoms with Crippen molar-refractivity contribution in [1.82, 2.24) is 5.32 Å². The highest BCUT2D eigenvalue weighted by molar-refractivity contribution is 5.85. The van der Waals surface area contributed by atoms with Crippen molar-refractivity contribution in [2.45, 2.75) is 32.7 Å². The van der Waals surface area contributed by atoms with Crippen molar-refractivity contribution in [3.05, 3.63) is 0 Å². The van der Waals surface area contributed by atoms with Crippen LogP contribution in [-0.4, -0.2) is 31.1 Å². The molecule has 3 N–H and O–H groups in total. The van der Waals surface area contributed by atoms with Crippen LogP contribution >= 0.6 is 0 Å². The number of esters is 1. The van der Waals surface area contributed by atoms with E-state index in [1.807, 2.05) is 6.92 Å².